The number of benzene rings is 1. The summed E-state index contributed by atoms with van der Waals surface area (Å²) in [5, 5.41) is 2.72. The van der Waals surface area contributed by atoms with E-state index < -0.39 is 9.84 Å². The first-order valence-corrected chi connectivity index (χ1v) is 10.8. The number of hydrogen-bond acceptors (Lipinski definition) is 3. The second kappa shape index (κ2) is 8.08. The minimum Gasteiger partial charge on any atom is -0.351 e. The lowest BCUT2D eigenvalue weighted by Crippen LogP contribution is -2.29. The van der Waals surface area contributed by atoms with E-state index in [0.717, 1.165) is 17.1 Å². The number of aryl methyl sites for hydroxylation is 1. The summed E-state index contributed by atoms with van der Waals surface area (Å²) < 4.78 is 25.2. The standard InChI is InChI=1S/C20H28N2O3S/c1-6-26(24,25)11-10-21-20(23)19-12-15(4)22(16(19)5)18-9-7-8-17(13-18)14(2)3/h7-9,12-14H,6,10-11H2,1-5H3,(H,21,23). The fourth-order valence-corrected chi connectivity index (χ4v) is 3.67. The number of amides is 1. The molecule has 0 bridgehead atoms. The molecule has 0 spiro atoms. The van der Waals surface area contributed by atoms with Crippen LogP contribution in [-0.4, -0.2) is 36.9 Å². The molecule has 26 heavy (non-hydrogen) atoms. The molecule has 1 amide bonds. The predicted molar refractivity (Wildman–Crippen MR) is 106 cm³/mol. The van der Waals surface area contributed by atoms with Crippen molar-refractivity contribution in [3.8, 4) is 5.69 Å². The van der Waals surface area contributed by atoms with Crippen LogP contribution in [0.25, 0.3) is 5.69 Å². The first-order valence-electron chi connectivity index (χ1n) is 8.94. The Morgan fingerprint density at radius 1 is 1.19 bits per heavy atom. The Labute approximate surface area is 156 Å². The molecule has 0 aliphatic heterocycles. The third kappa shape index (κ3) is 4.55. The summed E-state index contributed by atoms with van der Waals surface area (Å²) in [7, 11) is -3.09. The van der Waals surface area contributed by atoms with Gasteiger partial charge in [0.15, 0.2) is 9.84 Å². The van der Waals surface area contributed by atoms with Crippen LogP contribution in [0.3, 0.4) is 0 Å². The molecule has 0 aliphatic rings. The van der Waals surface area contributed by atoms with Crippen LogP contribution in [-0.2, 0) is 9.84 Å². The van der Waals surface area contributed by atoms with Crippen molar-refractivity contribution in [2.45, 2.75) is 40.5 Å². The minimum atomic E-state index is -3.09. The molecule has 0 saturated carbocycles. The van der Waals surface area contributed by atoms with E-state index in [1.807, 2.05) is 32.0 Å². The molecule has 0 aliphatic carbocycles. The van der Waals surface area contributed by atoms with Crippen molar-refractivity contribution in [2.24, 2.45) is 0 Å². The minimum absolute atomic E-state index is 0.0373. The normalized spacial score (nSPS) is 11.8. The monoisotopic (exact) mass is 376 g/mol. The van der Waals surface area contributed by atoms with Gasteiger partial charge in [0, 0.05) is 29.4 Å². The molecular formula is C20H28N2O3S. The van der Waals surface area contributed by atoms with Gasteiger partial charge in [-0.2, -0.15) is 0 Å². The Hall–Kier alpha value is -2.08. The van der Waals surface area contributed by atoms with Gasteiger partial charge in [-0.3, -0.25) is 4.79 Å². The number of carbonyl (C=O) groups excluding carboxylic acids is 1. The van der Waals surface area contributed by atoms with Crippen molar-refractivity contribution in [1.82, 2.24) is 9.88 Å². The summed E-state index contributed by atoms with van der Waals surface area (Å²) in [5.41, 5.74) is 4.66. The molecule has 2 rings (SSSR count). The number of nitrogens with zero attached hydrogens (tertiary/aromatic N) is 1. The van der Waals surface area contributed by atoms with E-state index in [0.29, 0.717) is 11.5 Å². The van der Waals surface area contributed by atoms with Crippen LogP contribution in [0.4, 0.5) is 0 Å². The Balaban J connectivity index is 2.25. The summed E-state index contributed by atoms with van der Waals surface area (Å²) in [5.74, 6) is 0.235. The molecule has 1 heterocycles. The fourth-order valence-electron chi connectivity index (χ4n) is 2.97. The van der Waals surface area contributed by atoms with Crippen LogP contribution in [0, 0.1) is 13.8 Å². The molecule has 0 radical (unpaired) electrons. The van der Waals surface area contributed by atoms with E-state index in [4.69, 9.17) is 0 Å². The van der Waals surface area contributed by atoms with Crippen molar-refractivity contribution in [3.05, 3.63) is 52.8 Å². The maximum absolute atomic E-state index is 12.5. The molecule has 6 heteroatoms. The average molecular weight is 377 g/mol. The maximum Gasteiger partial charge on any atom is 0.253 e. The molecule has 1 N–H and O–H groups in total. The maximum atomic E-state index is 12.5. The van der Waals surface area contributed by atoms with Crippen molar-refractivity contribution < 1.29 is 13.2 Å². The summed E-state index contributed by atoms with van der Waals surface area (Å²) in [6.07, 6.45) is 0. The molecule has 1 aromatic heterocycles. The van der Waals surface area contributed by atoms with Gasteiger partial charge >= 0.3 is 0 Å². The summed E-state index contributed by atoms with van der Waals surface area (Å²) in [6.45, 7) is 9.91. The number of sulfone groups is 1. The van der Waals surface area contributed by atoms with Gasteiger partial charge in [-0.25, -0.2) is 8.42 Å². The smallest absolute Gasteiger partial charge is 0.253 e. The topological polar surface area (TPSA) is 68.2 Å². The zero-order chi connectivity index (χ0) is 19.5. The molecule has 5 nitrogen and oxygen atoms in total. The Morgan fingerprint density at radius 3 is 2.50 bits per heavy atom. The molecule has 2 aromatic rings. The van der Waals surface area contributed by atoms with E-state index in [9.17, 15) is 13.2 Å². The molecule has 1 aromatic carbocycles. The molecule has 0 saturated heterocycles. The Morgan fingerprint density at radius 2 is 1.88 bits per heavy atom. The predicted octanol–water partition coefficient (Wildman–Crippen LogP) is 3.38. The second-order valence-corrected chi connectivity index (χ2v) is 9.33. The van der Waals surface area contributed by atoms with Crippen molar-refractivity contribution >= 4 is 15.7 Å². The van der Waals surface area contributed by atoms with Crippen LogP contribution in [0.1, 0.15) is 54.0 Å². The molecular weight excluding hydrogens is 348 g/mol. The Bertz CT molecular complexity index is 896. The number of hydrogen-bond donors (Lipinski definition) is 1. The zero-order valence-corrected chi connectivity index (χ0v) is 17.0. The van der Waals surface area contributed by atoms with Crippen molar-refractivity contribution in [1.29, 1.82) is 0 Å². The first kappa shape index (κ1) is 20.2. The fraction of sp³-hybridized carbons (Fsp3) is 0.450. The van der Waals surface area contributed by atoms with Crippen LogP contribution < -0.4 is 5.32 Å². The highest BCUT2D eigenvalue weighted by molar-refractivity contribution is 7.91. The SMILES string of the molecule is CCS(=O)(=O)CCNC(=O)c1cc(C)n(-c2cccc(C(C)C)c2)c1C. The summed E-state index contributed by atoms with van der Waals surface area (Å²) in [4.78, 5) is 12.5. The van der Waals surface area contributed by atoms with Gasteiger partial charge < -0.3 is 9.88 Å². The third-order valence-corrected chi connectivity index (χ3v) is 6.32. The van der Waals surface area contributed by atoms with Crippen molar-refractivity contribution in [2.75, 3.05) is 18.1 Å². The van der Waals surface area contributed by atoms with E-state index in [2.05, 4.69) is 35.9 Å². The number of nitrogens with one attached hydrogen (secondary N) is 1. The van der Waals surface area contributed by atoms with Crippen LogP contribution >= 0.6 is 0 Å². The summed E-state index contributed by atoms with van der Waals surface area (Å²) in [6, 6.07) is 10.1. The van der Waals surface area contributed by atoms with Crippen LogP contribution in [0.5, 0.6) is 0 Å². The number of carbonyl (C=O) groups is 1. The van der Waals surface area contributed by atoms with Gasteiger partial charge in [-0.1, -0.05) is 32.9 Å². The van der Waals surface area contributed by atoms with Crippen LogP contribution in [0.2, 0.25) is 0 Å². The molecule has 0 atom stereocenters. The molecule has 0 fully saturated rings. The lowest BCUT2D eigenvalue weighted by Gasteiger charge is -2.13. The van der Waals surface area contributed by atoms with Gasteiger partial charge in [0.2, 0.25) is 0 Å². The molecule has 142 valence electrons. The van der Waals surface area contributed by atoms with E-state index in [1.165, 1.54) is 5.56 Å². The number of rotatable bonds is 7. The first-order chi connectivity index (χ1) is 12.2. The largest absolute Gasteiger partial charge is 0.351 e. The third-order valence-electron chi connectivity index (χ3n) is 4.61. The lowest BCUT2D eigenvalue weighted by molar-refractivity contribution is 0.0955. The van der Waals surface area contributed by atoms with Crippen molar-refractivity contribution in [3.63, 3.8) is 0 Å². The van der Waals surface area contributed by atoms with Gasteiger partial charge in [-0.05, 0) is 43.5 Å². The highest BCUT2D eigenvalue weighted by atomic mass is 32.2. The Kier molecular flexibility index (Phi) is 6.29. The second-order valence-electron chi connectivity index (χ2n) is 6.86. The number of aromatic nitrogens is 1. The van der Waals surface area contributed by atoms with E-state index in [-0.39, 0.29) is 24.0 Å². The van der Waals surface area contributed by atoms with E-state index >= 15 is 0 Å². The van der Waals surface area contributed by atoms with Gasteiger partial charge in [-0.15, -0.1) is 0 Å². The summed E-state index contributed by atoms with van der Waals surface area (Å²) >= 11 is 0. The van der Waals surface area contributed by atoms with E-state index in [1.54, 1.807) is 6.92 Å². The molecule has 0 unspecified atom stereocenters. The van der Waals surface area contributed by atoms with Gasteiger partial charge in [0.05, 0.1) is 11.3 Å². The lowest BCUT2D eigenvalue weighted by atomic mass is 10.0. The zero-order valence-electron chi connectivity index (χ0n) is 16.2. The van der Waals surface area contributed by atoms with Gasteiger partial charge in [0.25, 0.3) is 5.91 Å². The van der Waals surface area contributed by atoms with Gasteiger partial charge in [0.1, 0.15) is 0 Å². The quantitative estimate of drug-likeness (QED) is 0.805. The average Bonchev–Trinajstić information content (AvgIpc) is 2.89. The highest BCUT2D eigenvalue weighted by Crippen LogP contribution is 2.24. The highest BCUT2D eigenvalue weighted by Gasteiger charge is 2.17. The van der Waals surface area contributed by atoms with Crippen LogP contribution in [0.15, 0.2) is 30.3 Å².